The minimum atomic E-state index is 0.475. The summed E-state index contributed by atoms with van der Waals surface area (Å²) in [7, 11) is 1.66. The monoisotopic (exact) mass is 374 g/mol. The molecule has 4 aromatic rings. The number of aromatic amines is 1. The van der Waals surface area contributed by atoms with E-state index in [4.69, 9.17) is 4.74 Å². The first-order valence-electron chi connectivity index (χ1n) is 9.18. The maximum absolute atomic E-state index is 5.37. The van der Waals surface area contributed by atoms with E-state index in [0.29, 0.717) is 18.3 Å². The Morgan fingerprint density at radius 1 is 1.00 bits per heavy atom. The topological polar surface area (TPSA) is 87.8 Å². The van der Waals surface area contributed by atoms with Crippen molar-refractivity contribution in [1.82, 2.24) is 20.2 Å². The van der Waals surface area contributed by atoms with Crippen molar-refractivity contribution in [3.05, 3.63) is 72.1 Å². The van der Waals surface area contributed by atoms with Gasteiger partial charge in [0.1, 0.15) is 5.75 Å². The third-order valence-electron chi connectivity index (χ3n) is 4.56. The fraction of sp³-hybridized carbons (Fsp3) is 0.190. The highest BCUT2D eigenvalue weighted by Crippen LogP contribution is 2.19. The number of para-hydroxylation sites is 2. The zero-order chi connectivity index (χ0) is 19.2. The SMILES string of the molecule is COc1ccccc1CNc1nncc(NCCc2c[nH]c3ccccc23)n1. The van der Waals surface area contributed by atoms with Crippen LogP contribution >= 0.6 is 0 Å². The van der Waals surface area contributed by atoms with Crippen LogP contribution in [0.25, 0.3) is 10.9 Å². The van der Waals surface area contributed by atoms with Crippen LogP contribution in [0.4, 0.5) is 11.8 Å². The van der Waals surface area contributed by atoms with Crippen molar-refractivity contribution in [2.75, 3.05) is 24.3 Å². The van der Waals surface area contributed by atoms with Gasteiger partial charge in [0.2, 0.25) is 5.95 Å². The molecular formula is C21H22N6O. The third kappa shape index (κ3) is 4.03. The van der Waals surface area contributed by atoms with Crippen LogP contribution in [0, 0.1) is 0 Å². The first-order valence-corrected chi connectivity index (χ1v) is 9.18. The zero-order valence-corrected chi connectivity index (χ0v) is 15.6. The minimum Gasteiger partial charge on any atom is -0.496 e. The second-order valence-electron chi connectivity index (χ2n) is 6.37. The van der Waals surface area contributed by atoms with Crippen LogP contribution in [-0.4, -0.2) is 33.8 Å². The molecule has 0 aliphatic carbocycles. The number of anilines is 2. The lowest BCUT2D eigenvalue weighted by molar-refractivity contribution is 0.410. The molecule has 3 N–H and O–H groups in total. The standard InChI is InChI=1S/C21H22N6O/c1-28-19-9-5-2-6-16(19)13-24-21-26-20(14-25-27-21)22-11-10-15-12-23-18-8-4-3-7-17(15)18/h2-9,12,14,23H,10-11,13H2,1H3,(H2,22,24,26,27). The van der Waals surface area contributed by atoms with Gasteiger partial charge in [0.05, 0.1) is 13.3 Å². The number of hydrogen-bond acceptors (Lipinski definition) is 6. The number of methoxy groups -OCH3 is 1. The van der Waals surface area contributed by atoms with E-state index in [2.05, 4.69) is 55.2 Å². The van der Waals surface area contributed by atoms with Crippen molar-refractivity contribution in [3.8, 4) is 5.75 Å². The van der Waals surface area contributed by atoms with Gasteiger partial charge in [0.25, 0.3) is 0 Å². The number of hydrogen-bond donors (Lipinski definition) is 3. The van der Waals surface area contributed by atoms with Crippen molar-refractivity contribution >= 4 is 22.7 Å². The van der Waals surface area contributed by atoms with Crippen LogP contribution in [0.1, 0.15) is 11.1 Å². The number of ether oxygens (including phenoxy) is 1. The molecule has 0 unspecified atom stereocenters. The lowest BCUT2D eigenvalue weighted by Gasteiger charge is -2.10. The number of rotatable bonds is 8. The van der Waals surface area contributed by atoms with E-state index in [9.17, 15) is 0 Å². The summed E-state index contributed by atoms with van der Waals surface area (Å²) >= 11 is 0. The fourth-order valence-corrected chi connectivity index (χ4v) is 3.15. The Morgan fingerprint density at radius 3 is 2.79 bits per heavy atom. The summed E-state index contributed by atoms with van der Waals surface area (Å²) in [5.74, 6) is 2.00. The highest BCUT2D eigenvalue weighted by atomic mass is 16.5. The van der Waals surface area contributed by atoms with Gasteiger partial charge in [0, 0.05) is 35.8 Å². The molecule has 4 rings (SSSR count). The predicted molar refractivity (Wildman–Crippen MR) is 111 cm³/mol. The number of nitrogens with zero attached hydrogens (tertiary/aromatic N) is 3. The van der Waals surface area contributed by atoms with E-state index < -0.39 is 0 Å². The fourth-order valence-electron chi connectivity index (χ4n) is 3.15. The number of nitrogens with one attached hydrogen (secondary N) is 3. The highest BCUT2D eigenvalue weighted by molar-refractivity contribution is 5.83. The van der Waals surface area contributed by atoms with Gasteiger partial charge in [-0.25, -0.2) is 0 Å². The molecule has 142 valence electrons. The summed E-state index contributed by atoms with van der Waals surface area (Å²) < 4.78 is 5.37. The molecule has 7 nitrogen and oxygen atoms in total. The summed E-state index contributed by atoms with van der Waals surface area (Å²) in [5, 5.41) is 15.8. The van der Waals surface area contributed by atoms with E-state index in [-0.39, 0.29) is 0 Å². The molecule has 0 bridgehead atoms. The quantitative estimate of drug-likeness (QED) is 0.437. The van der Waals surface area contributed by atoms with Gasteiger partial charge < -0.3 is 20.4 Å². The average Bonchev–Trinajstić information content (AvgIpc) is 3.16. The van der Waals surface area contributed by atoms with Gasteiger partial charge in [-0.05, 0) is 24.1 Å². The molecule has 0 aliphatic heterocycles. The van der Waals surface area contributed by atoms with E-state index in [1.54, 1.807) is 13.3 Å². The molecule has 7 heteroatoms. The molecule has 0 saturated carbocycles. The molecule has 2 aromatic heterocycles. The first kappa shape index (κ1) is 17.8. The van der Waals surface area contributed by atoms with Crippen LogP contribution in [0.15, 0.2) is 60.9 Å². The maximum atomic E-state index is 5.37. The number of H-pyrrole nitrogens is 1. The largest absolute Gasteiger partial charge is 0.496 e. The Hall–Kier alpha value is -3.61. The van der Waals surface area contributed by atoms with Crippen LogP contribution in [-0.2, 0) is 13.0 Å². The Balaban J connectivity index is 1.35. The third-order valence-corrected chi connectivity index (χ3v) is 4.56. The second-order valence-corrected chi connectivity index (χ2v) is 6.37. The normalized spacial score (nSPS) is 10.8. The van der Waals surface area contributed by atoms with Crippen molar-refractivity contribution in [2.24, 2.45) is 0 Å². The molecular weight excluding hydrogens is 352 g/mol. The van der Waals surface area contributed by atoms with E-state index in [1.807, 2.05) is 30.3 Å². The Labute approximate surface area is 163 Å². The van der Waals surface area contributed by atoms with Gasteiger partial charge >= 0.3 is 0 Å². The van der Waals surface area contributed by atoms with Crippen LogP contribution in [0.2, 0.25) is 0 Å². The Morgan fingerprint density at radius 2 is 1.86 bits per heavy atom. The lowest BCUT2D eigenvalue weighted by atomic mass is 10.1. The zero-order valence-electron chi connectivity index (χ0n) is 15.6. The van der Waals surface area contributed by atoms with Gasteiger partial charge in [-0.3, -0.25) is 0 Å². The Bertz CT molecular complexity index is 1060. The first-order chi connectivity index (χ1) is 13.8. The second kappa shape index (κ2) is 8.39. The van der Waals surface area contributed by atoms with Gasteiger partial charge in [-0.15, -0.1) is 5.10 Å². The summed E-state index contributed by atoms with van der Waals surface area (Å²) in [5.41, 5.74) is 3.47. The highest BCUT2D eigenvalue weighted by Gasteiger charge is 2.05. The summed E-state index contributed by atoms with van der Waals surface area (Å²) in [6.07, 6.45) is 4.58. The molecule has 2 aromatic carbocycles. The molecule has 0 atom stereocenters. The van der Waals surface area contributed by atoms with Gasteiger partial charge in [-0.2, -0.15) is 10.1 Å². The van der Waals surface area contributed by atoms with Crippen molar-refractivity contribution in [3.63, 3.8) is 0 Å². The number of benzene rings is 2. The number of aromatic nitrogens is 4. The smallest absolute Gasteiger partial charge is 0.244 e. The van der Waals surface area contributed by atoms with Crippen LogP contribution in [0.5, 0.6) is 5.75 Å². The minimum absolute atomic E-state index is 0.475. The summed E-state index contributed by atoms with van der Waals surface area (Å²) in [4.78, 5) is 7.78. The molecule has 0 aliphatic rings. The van der Waals surface area contributed by atoms with Crippen molar-refractivity contribution in [2.45, 2.75) is 13.0 Å². The molecule has 28 heavy (non-hydrogen) atoms. The maximum Gasteiger partial charge on any atom is 0.244 e. The molecule has 0 amide bonds. The lowest BCUT2D eigenvalue weighted by Crippen LogP contribution is -2.10. The summed E-state index contributed by atoms with van der Waals surface area (Å²) in [6.45, 7) is 1.32. The average molecular weight is 374 g/mol. The van der Waals surface area contributed by atoms with E-state index in [1.165, 1.54) is 10.9 Å². The van der Waals surface area contributed by atoms with E-state index >= 15 is 0 Å². The van der Waals surface area contributed by atoms with E-state index in [0.717, 1.165) is 29.8 Å². The predicted octanol–water partition coefficient (Wildman–Crippen LogP) is 3.63. The Kier molecular flexibility index (Phi) is 5.33. The van der Waals surface area contributed by atoms with Gasteiger partial charge in [0.15, 0.2) is 5.82 Å². The molecule has 2 heterocycles. The molecule has 0 radical (unpaired) electrons. The van der Waals surface area contributed by atoms with Crippen LogP contribution < -0.4 is 15.4 Å². The van der Waals surface area contributed by atoms with Crippen LogP contribution in [0.3, 0.4) is 0 Å². The molecule has 0 saturated heterocycles. The summed E-state index contributed by atoms with van der Waals surface area (Å²) in [6, 6.07) is 16.2. The number of fused-ring (bicyclic) bond motifs is 1. The molecule has 0 fully saturated rings. The van der Waals surface area contributed by atoms with Gasteiger partial charge in [-0.1, -0.05) is 36.4 Å². The van der Waals surface area contributed by atoms with Crippen molar-refractivity contribution < 1.29 is 4.74 Å². The van der Waals surface area contributed by atoms with Crippen molar-refractivity contribution in [1.29, 1.82) is 0 Å². The molecule has 0 spiro atoms.